The maximum absolute atomic E-state index is 11.8. The topological polar surface area (TPSA) is 120 Å². The number of hydrogen-bond acceptors (Lipinski definition) is 10. The van der Waals surface area contributed by atoms with E-state index in [4.69, 9.17) is 42.6 Å². The zero-order valence-electron chi connectivity index (χ0n) is 37.8. The molecule has 0 aromatic heterocycles. The van der Waals surface area contributed by atoms with Gasteiger partial charge >= 0.3 is 5.97 Å². The van der Waals surface area contributed by atoms with Crippen molar-refractivity contribution in [2.45, 2.75) is 179 Å². The molecule has 0 bridgehead atoms. The highest BCUT2D eigenvalue weighted by Gasteiger charge is 2.62. The Morgan fingerprint density at radius 3 is 2.41 bits per heavy atom. The van der Waals surface area contributed by atoms with Crippen LogP contribution in [0.4, 0.5) is 0 Å². The summed E-state index contributed by atoms with van der Waals surface area (Å²) in [5, 5.41) is 9.71. The van der Waals surface area contributed by atoms with Crippen LogP contribution in [0.5, 0.6) is 5.75 Å². The lowest BCUT2D eigenvalue weighted by atomic mass is 9.80. The minimum Gasteiger partial charge on any atom is -0.497 e. The Labute approximate surface area is 363 Å². The fourth-order valence-corrected chi connectivity index (χ4v) is 11.7. The minimum atomic E-state index is -0.924. The van der Waals surface area contributed by atoms with E-state index in [0.29, 0.717) is 31.6 Å². The molecule has 0 saturated carbocycles. The monoisotopic (exact) mass is 846 g/mol. The van der Waals surface area contributed by atoms with E-state index >= 15 is 0 Å². The lowest BCUT2D eigenvalue weighted by Crippen LogP contribution is -2.55. The van der Waals surface area contributed by atoms with Crippen molar-refractivity contribution in [3.63, 3.8) is 0 Å². The maximum atomic E-state index is 11.8. The zero-order chi connectivity index (χ0) is 43.3. The lowest BCUT2D eigenvalue weighted by molar-refractivity contribution is -0.334. The highest BCUT2D eigenvalue weighted by molar-refractivity contribution is 5.85. The van der Waals surface area contributed by atoms with Crippen molar-refractivity contribution >= 4 is 5.97 Å². The molecule has 0 amide bonds. The van der Waals surface area contributed by atoms with Crippen LogP contribution in [0.2, 0.25) is 0 Å². The smallest absolute Gasteiger partial charge is 0.330 e. The van der Waals surface area contributed by atoms with Crippen LogP contribution in [0.3, 0.4) is 0 Å². The number of ether oxygens (including phenoxy) is 9. The third-order valence-electron chi connectivity index (χ3n) is 15.4. The van der Waals surface area contributed by atoms with Gasteiger partial charge in [-0.15, -0.1) is 0 Å². The van der Waals surface area contributed by atoms with Crippen LogP contribution in [0, 0.1) is 29.6 Å². The summed E-state index contributed by atoms with van der Waals surface area (Å²) >= 11 is 0. The Kier molecular flexibility index (Phi) is 12.9. The number of hydrogen-bond donors (Lipinski definition) is 1. The van der Waals surface area contributed by atoms with Crippen molar-refractivity contribution in [2.24, 2.45) is 29.6 Å². The van der Waals surface area contributed by atoms with Gasteiger partial charge in [0.2, 0.25) is 0 Å². The van der Waals surface area contributed by atoms with E-state index in [1.165, 1.54) is 0 Å². The molecule has 2 aromatic carbocycles. The summed E-state index contributed by atoms with van der Waals surface area (Å²) in [6.45, 7) is 17.9. The van der Waals surface area contributed by atoms with Gasteiger partial charge in [-0.25, -0.2) is 4.79 Å². The molecular weight excluding hydrogens is 777 g/mol. The molecule has 1 N–H and O–H groups in total. The van der Waals surface area contributed by atoms with Gasteiger partial charge in [0.05, 0.1) is 61.5 Å². The summed E-state index contributed by atoms with van der Waals surface area (Å²) < 4.78 is 60.9. The van der Waals surface area contributed by atoms with Crippen molar-refractivity contribution in [2.75, 3.05) is 13.7 Å². The van der Waals surface area contributed by atoms with E-state index in [-0.39, 0.29) is 66.2 Å². The molecular formula is C50H70O11. The van der Waals surface area contributed by atoms with Crippen LogP contribution in [-0.2, 0) is 49.3 Å². The second-order valence-corrected chi connectivity index (χ2v) is 19.7. The van der Waals surface area contributed by atoms with Crippen LogP contribution in [0.25, 0.3) is 0 Å². The first-order valence-corrected chi connectivity index (χ1v) is 23.0. The highest BCUT2D eigenvalue weighted by atomic mass is 16.8. The molecule has 6 saturated heterocycles. The molecule has 6 fully saturated rings. The lowest BCUT2D eigenvalue weighted by Gasteiger charge is -2.48. The quantitative estimate of drug-likeness (QED) is 0.206. The molecule has 0 radical (unpaired) electrons. The molecule has 6 aliphatic rings. The third kappa shape index (κ3) is 8.72. The number of aliphatic carboxylic acids is 1. The predicted molar refractivity (Wildman–Crippen MR) is 229 cm³/mol. The molecule has 11 nitrogen and oxygen atoms in total. The van der Waals surface area contributed by atoms with Gasteiger partial charge in [-0.1, -0.05) is 90.1 Å². The largest absolute Gasteiger partial charge is 0.497 e. The van der Waals surface area contributed by atoms with E-state index in [2.05, 4.69) is 53.7 Å². The van der Waals surface area contributed by atoms with Gasteiger partial charge in [0.25, 0.3) is 0 Å². The summed E-state index contributed by atoms with van der Waals surface area (Å²) in [6, 6.07) is 18.0. The van der Waals surface area contributed by atoms with Crippen molar-refractivity contribution in [1.29, 1.82) is 0 Å². The number of rotatable bonds is 12. The summed E-state index contributed by atoms with van der Waals surface area (Å²) in [5.74, 6) is -1.31. The summed E-state index contributed by atoms with van der Waals surface area (Å²) in [7, 11) is 1.66. The molecule has 11 heteroatoms. The molecule has 16 atom stereocenters. The molecule has 6 aliphatic heterocycles. The first-order chi connectivity index (χ1) is 29.1. The Morgan fingerprint density at radius 1 is 0.951 bits per heavy atom. The standard InChI is InChI=1S/C50H70O11/c1-10-48(44-32(4)26-39(56-44)43-31(3)25-34(6)50(59-43)29-55-46(60-50)37-16-18-38(53-9)19-17-37)21-20-41(57-48)47(8)22-23-49(61-47)27-40(54-28-36-14-12-11-13-15-36)35(7)42(58-49)30(2)24-33(5)45(51)52/h11-19,24,30-32,34-35,39-44,46H,10,20-23,25-29H2,1-9H3,(H,51,52)/b33-24+/t30-,31-,32-,34+,35+,39-,40-,41+,42+,43-,44+,46-,47+,48-,49+,50+/m0/s1. The van der Waals surface area contributed by atoms with Gasteiger partial charge in [0.15, 0.2) is 17.9 Å². The average Bonchev–Trinajstić information content (AvgIpc) is 4.06. The fourth-order valence-electron chi connectivity index (χ4n) is 11.7. The first kappa shape index (κ1) is 44.7. The number of carbonyl (C=O) groups is 1. The molecule has 2 spiro atoms. The van der Waals surface area contributed by atoms with Gasteiger partial charge in [0.1, 0.15) is 12.4 Å². The van der Waals surface area contributed by atoms with Crippen molar-refractivity contribution in [3.8, 4) is 5.75 Å². The normalized spacial score (nSPS) is 43.3. The number of carboxylic acid groups (broad SMARTS) is 1. The Balaban J connectivity index is 0.955. The van der Waals surface area contributed by atoms with Gasteiger partial charge in [-0.2, -0.15) is 0 Å². The van der Waals surface area contributed by atoms with E-state index < -0.39 is 35.0 Å². The molecule has 336 valence electrons. The minimum absolute atomic E-state index is 0.0127. The maximum Gasteiger partial charge on any atom is 0.330 e. The van der Waals surface area contributed by atoms with E-state index in [1.807, 2.05) is 55.5 Å². The second kappa shape index (κ2) is 17.6. The van der Waals surface area contributed by atoms with Gasteiger partial charge in [-0.3, -0.25) is 0 Å². The van der Waals surface area contributed by atoms with Gasteiger partial charge < -0.3 is 47.7 Å². The fraction of sp³-hybridized carbons (Fsp3) is 0.700. The van der Waals surface area contributed by atoms with Crippen molar-refractivity contribution in [3.05, 3.63) is 77.4 Å². The van der Waals surface area contributed by atoms with Crippen LogP contribution in [0.1, 0.15) is 124 Å². The number of carboxylic acids is 1. The third-order valence-corrected chi connectivity index (χ3v) is 15.4. The van der Waals surface area contributed by atoms with Crippen LogP contribution < -0.4 is 4.74 Å². The van der Waals surface area contributed by atoms with E-state index in [1.54, 1.807) is 14.0 Å². The average molecular weight is 847 g/mol. The number of methoxy groups -OCH3 is 1. The van der Waals surface area contributed by atoms with E-state index in [0.717, 1.165) is 55.4 Å². The molecule has 0 unspecified atom stereocenters. The SMILES string of the molecule is CC[C@@]1([C@@H]2O[C@H]([C@H]3O[C@@]4(CO[C@H](c5ccc(OC)cc5)O4)[C@H](C)C[C@@H]3C)C[C@@H]2C)CC[C@H]([C@@]2(C)CC[C@]3(C[C@H](OCc4ccccc4)[C@@H](C)[C@@H]([C@@H](C)/C=C(\C)C(=O)O)O3)O2)O1. The highest BCUT2D eigenvalue weighted by Crippen LogP contribution is 2.56. The molecule has 2 aromatic rings. The summed E-state index contributed by atoms with van der Waals surface area (Å²) in [6.07, 6.45) is 6.84. The zero-order valence-corrected chi connectivity index (χ0v) is 37.8. The van der Waals surface area contributed by atoms with Gasteiger partial charge in [0, 0.05) is 41.7 Å². The van der Waals surface area contributed by atoms with Crippen molar-refractivity contribution < 1.29 is 52.5 Å². The van der Waals surface area contributed by atoms with Crippen LogP contribution >= 0.6 is 0 Å². The Bertz CT molecular complexity index is 1850. The summed E-state index contributed by atoms with van der Waals surface area (Å²) in [5.41, 5.74) is 1.30. The molecule has 6 heterocycles. The first-order valence-electron chi connectivity index (χ1n) is 23.0. The molecule has 61 heavy (non-hydrogen) atoms. The van der Waals surface area contributed by atoms with Crippen LogP contribution in [-0.4, -0.2) is 84.2 Å². The Morgan fingerprint density at radius 2 is 1.70 bits per heavy atom. The molecule has 0 aliphatic carbocycles. The van der Waals surface area contributed by atoms with E-state index in [9.17, 15) is 9.90 Å². The van der Waals surface area contributed by atoms with Gasteiger partial charge in [-0.05, 0) is 81.9 Å². The summed E-state index contributed by atoms with van der Waals surface area (Å²) in [4.78, 5) is 11.8. The number of benzene rings is 2. The second-order valence-electron chi connectivity index (χ2n) is 19.7. The Hall–Kier alpha value is -2.87. The molecule has 8 rings (SSSR count). The van der Waals surface area contributed by atoms with Crippen LogP contribution in [0.15, 0.2) is 66.2 Å². The van der Waals surface area contributed by atoms with Crippen molar-refractivity contribution in [1.82, 2.24) is 0 Å². The predicted octanol–water partition coefficient (Wildman–Crippen LogP) is 9.56.